The molecule has 0 aromatic rings. The third-order valence-electron chi connectivity index (χ3n) is 0.911. The zero-order valence-corrected chi connectivity index (χ0v) is 6.69. The lowest BCUT2D eigenvalue weighted by Crippen LogP contribution is -1.96. The molecule has 0 aliphatic carbocycles. The number of hydrogen-bond donors (Lipinski definition) is 0. The van der Waals surface area contributed by atoms with Gasteiger partial charge >= 0.3 is 0 Å². The van der Waals surface area contributed by atoms with Crippen LogP contribution in [0.4, 0.5) is 0 Å². The summed E-state index contributed by atoms with van der Waals surface area (Å²) < 4.78 is 21.5. The summed E-state index contributed by atoms with van der Waals surface area (Å²) in [5, 5.41) is 0. The van der Waals surface area contributed by atoms with Crippen LogP contribution in [0.5, 0.6) is 0 Å². The molecule has 0 saturated carbocycles. The molecule has 0 atom stereocenters. The average Bonchev–Trinajstić information content (AvgIpc) is 1.80. The molecule has 0 radical (unpaired) electrons. The Morgan fingerprint density at radius 1 is 1.40 bits per heavy atom. The van der Waals surface area contributed by atoms with Gasteiger partial charge in [-0.05, 0) is 6.08 Å². The van der Waals surface area contributed by atoms with Crippen molar-refractivity contribution in [3.63, 3.8) is 0 Å². The summed E-state index contributed by atoms with van der Waals surface area (Å²) in [6.07, 6.45) is 5.24. The van der Waals surface area contributed by atoms with Crippen molar-refractivity contribution in [2.75, 3.05) is 6.26 Å². The number of rotatable bonds is 3. The number of sulfone groups is 1. The molecule has 0 rings (SSSR count). The van der Waals surface area contributed by atoms with E-state index in [2.05, 4.69) is 13.2 Å². The average molecular weight is 158 g/mol. The van der Waals surface area contributed by atoms with E-state index in [0.717, 1.165) is 6.26 Å². The predicted molar refractivity (Wildman–Crippen MR) is 43.3 cm³/mol. The molecule has 3 heteroatoms. The first-order chi connectivity index (χ1) is 4.52. The van der Waals surface area contributed by atoms with Gasteiger partial charge in [0.25, 0.3) is 0 Å². The third kappa shape index (κ3) is 2.64. The van der Waals surface area contributed by atoms with Crippen molar-refractivity contribution in [3.05, 3.63) is 36.3 Å². The van der Waals surface area contributed by atoms with Crippen molar-refractivity contribution in [2.45, 2.75) is 0 Å². The molecule has 2 nitrogen and oxygen atoms in total. The van der Waals surface area contributed by atoms with E-state index >= 15 is 0 Å². The van der Waals surface area contributed by atoms with Gasteiger partial charge in [-0.15, -0.1) is 0 Å². The largest absolute Gasteiger partial charge is 0.224 e. The van der Waals surface area contributed by atoms with Crippen LogP contribution in [0.15, 0.2) is 36.3 Å². The minimum atomic E-state index is -3.11. The smallest absolute Gasteiger partial charge is 0.175 e. The third-order valence-corrected chi connectivity index (χ3v) is 2.07. The van der Waals surface area contributed by atoms with Crippen LogP contribution in [0.3, 0.4) is 0 Å². The fraction of sp³-hybridized carbons (Fsp3) is 0.143. The van der Waals surface area contributed by atoms with Crippen LogP contribution in [0.2, 0.25) is 0 Å². The molecule has 0 N–H and O–H groups in total. The summed E-state index contributed by atoms with van der Waals surface area (Å²) in [7, 11) is -3.11. The van der Waals surface area contributed by atoms with Crippen molar-refractivity contribution in [1.82, 2.24) is 0 Å². The molecular weight excluding hydrogens is 148 g/mol. The predicted octanol–water partition coefficient (Wildman–Crippen LogP) is 1.29. The fourth-order valence-corrected chi connectivity index (χ4v) is 1.11. The van der Waals surface area contributed by atoms with E-state index in [0.29, 0.717) is 0 Å². The van der Waals surface area contributed by atoms with Gasteiger partial charge in [-0.2, -0.15) is 0 Å². The highest BCUT2D eigenvalue weighted by molar-refractivity contribution is 7.94. The quantitative estimate of drug-likeness (QED) is 0.580. The number of allylic oxidation sites excluding steroid dienone is 3. The van der Waals surface area contributed by atoms with E-state index < -0.39 is 9.84 Å². The first-order valence-corrected chi connectivity index (χ1v) is 4.56. The lowest BCUT2D eigenvalue weighted by atomic mass is 10.5. The van der Waals surface area contributed by atoms with E-state index in [1.165, 1.54) is 18.2 Å². The summed E-state index contributed by atoms with van der Waals surface area (Å²) in [6, 6.07) is 0. The molecule has 0 aliphatic rings. The van der Waals surface area contributed by atoms with E-state index in [1.807, 2.05) is 0 Å². The highest BCUT2D eigenvalue weighted by Gasteiger charge is 2.04. The van der Waals surface area contributed by atoms with Crippen LogP contribution >= 0.6 is 0 Å². The Hall–Kier alpha value is -0.830. The molecule has 10 heavy (non-hydrogen) atoms. The van der Waals surface area contributed by atoms with Gasteiger partial charge in [0.2, 0.25) is 0 Å². The van der Waals surface area contributed by atoms with Crippen molar-refractivity contribution in [2.24, 2.45) is 0 Å². The molecule has 0 heterocycles. The minimum absolute atomic E-state index is 0.197. The minimum Gasteiger partial charge on any atom is -0.224 e. The Kier molecular flexibility index (Phi) is 3.09. The van der Waals surface area contributed by atoms with Gasteiger partial charge in [0.05, 0.1) is 4.91 Å². The molecule has 0 saturated heterocycles. The van der Waals surface area contributed by atoms with Crippen LogP contribution in [0.1, 0.15) is 0 Å². The molecule has 0 aromatic carbocycles. The van der Waals surface area contributed by atoms with E-state index in [4.69, 9.17) is 0 Å². The van der Waals surface area contributed by atoms with Crippen LogP contribution in [-0.4, -0.2) is 14.7 Å². The summed E-state index contributed by atoms with van der Waals surface area (Å²) >= 11 is 0. The van der Waals surface area contributed by atoms with Crippen molar-refractivity contribution < 1.29 is 8.42 Å². The molecule has 0 aliphatic heterocycles. The maximum Gasteiger partial charge on any atom is 0.175 e. The molecule has 0 spiro atoms. The van der Waals surface area contributed by atoms with Gasteiger partial charge in [0.15, 0.2) is 9.84 Å². The molecular formula is C7H10O2S. The van der Waals surface area contributed by atoms with Crippen LogP contribution in [-0.2, 0) is 9.84 Å². The van der Waals surface area contributed by atoms with Crippen molar-refractivity contribution >= 4 is 9.84 Å². The maximum absolute atomic E-state index is 10.8. The second-order valence-corrected chi connectivity index (χ2v) is 3.80. The van der Waals surface area contributed by atoms with Gasteiger partial charge < -0.3 is 0 Å². The fourth-order valence-electron chi connectivity index (χ4n) is 0.459. The Balaban J connectivity index is 4.89. The molecule has 56 valence electrons. The van der Waals surface area contributed by atoms with Crippen molar-refractivity contribution in [1.29, 1.82) is 0 Å². The van der Waals surface area contributed by atoms with Crippen LogP contribution < -0.4 is 0 Å². The lowest BCUT2D eigenvalue weighted by Gasteiger charge is -1.93. The number of hydrogen-bond acceptors (Lipinski definition) is 2. The van der Waals surface area contributed by atoms with Crippen LogP contribution in [0.25, 0.3) is 0 Å². The van der Waals surface area contributed by atoms with Crippen molar-refractivity contribution in [3.8, 4) is 0 Å². The maximum atomic E-state index is 10.8. The van der Waals surface area contributed by atoms with E-state index in [1.54, 1.807) is 0 Å². The molecule has 0 unspecified atom stereocenters. The lowest BCUT2D eigenvalue weighted by molar-refractivity contribution is 0.608. The summed E-state index contributed by atoms with van der Waals surface area (Å²) in [5.74, 6) is 0. The van der Waals surface area contributed by atoms with E-state index in [-0.39, 0.29) is 4.91 Å². The summed E-state index contributed by atoms with van der Waals surface area (Å²) in [5.41, 5.74) is 0. The second kappa shape index (κ2) is 3.37. The highest BCUT2D eigenvalue weighted by Crippen LogP contribution is 2.04. The van der Waals surface area contributed by atoms with Gasteiger partial charge in [0.1, 0.15) is 0 Å². The Labute approximate surface area is 61.5 Å². The molecule has 0 fully saturated rings. The molecule has 0 amide bonds. The van der Waals surface area contributed by atoms with Gasteiger partial charge in [-0.3, -0.25) is 0 Å². The van der Waals surface area contributed by atoms with Crippen LogP contribution in [0, 0.1) is 0 Å². The second-order valence-electron chi connectivity index (χ2n) is 1.78. The normalized spacial score (nSPS) is 12.7. The summed E-state index contributed by atoms with van der Waals surface area (Å²) in [4.78, 5) is 0.197. The molecule has 0 bridgehead atoms. The van der Waals surface area contributed by atoms with Gasteiger partial charge in [0, 0.05) is 6.26 Å². The zero-order chi connectivity index (χ0) is 8.20. The standard InChI is InChI=1S/C7H10O2S/c1-4-6-7(5-2)10(3,8)9/h4-6H,1-2H2,3H3. The topological polar surface area (TPSA) is 34.1 Å². The Bertz CT molecular complexity index is 257. The van der Waals surface area contributed by atoms with Gasteiger partial charge in [-0.1, -0.05) is 25.3 Å². The van der Waals surface area contributed by atoms with Gasteiger partial charge in [-0.25, -0.2) is 8.42 Å². The Morgan fingerprint density at radius 2 is 1.90 bits per heavy atom. The monoisotopic (exact) mass is 158 g/mol. The van der Waals surface area contributed by atoms with E-state index in [9.17, 15) is 8.42 Å². The first kappa shape index (κ1) is 9.17. The first-order valence-electron chi connectivity index (χ1n) is 2.67. The highest BCUT2D eigenvalue weighted by atomic mass is 32.2. The summed E-state index contributed by atoms with van der Waals surface area (Å²) in [6.45, 7) is 6.72. The Morgan fingerprint density at radius 3 is 2.00 bits per heavy atom. The zero-order valence-electron chi connectivity index (χ0n) is 5.87. The SMILES string of the molecule is C=CC=C(C=C)S(C)(=O)=O. The molecule has 0 aromatic heterocycles.